The van der Waals surface area contributed by atoms with Crippen molar-refractivity contribution in [2.75, 3.05) is 0 Å². The molecule has 0 fully saturated rings. The van der Waals surface area contributed by atoms with Gasteiger partial charge in [0.05, 0.1) is 27.5 Å². The van der Waals surface area contributed by atoms with Crippen molar-refractivity contribution in [2.45, 2.75) is 25.7 Å². The summed E-state index contributed by atoms with van der Waals surface area (Å²) in [7, 11) is 0. The molecular weight excluding hydrogens is 444 g/mol. The molecule has 0 amide bonds. The van der Waals surface area contributed by atoms with E-state index in [-0.39, 0.29) is 11.5 Å². The first-order valence-corrected chi connectivity index (χ1v) is 10.1. The van der Waals surface area contributed by atoms with Crippen molar-refractivity contribution in [3.63, 3.8) is 0 Å². The topological polar surface area (TPSA) is 72.2 Å². The normalized spacial score (nSPS) is 13.2. The molecule has 0 saturated heterocycles. The molecule has 5 nitrogen and oxygen atoms in total. The Kier molecular flexibility index (Phi) is 5.08. The third-order valence-corrected chi connectivity index (χ3v) is 5.93. The molecule has 3 aromatic rings. The molecule has 1 N–H and O–H groups in total. The number of hydrogen-bond acceptors (Lipinski definition) is 3. The average molecular weight is 460 g/mol. The van der Waals surface area contributed by atoms with Crippen LogP contribution in [0.3, 0.4) is 0 Å². The lowest BCUT2D eigenvalue weighted by Crippen LogP contribution is -2.19. The minimum absolute atomic E-state index is 0.216. The van der Waals surface area contributed by atoms with Gasteiger partial charge in [-0.3, -0.25) is 4.79 Å². The fourth-order valence-electron chi connectivity index (χ4n) is 3.58. The molecule has 4 rings (SSSR count). The van der Waals surface area contributed by atoms with Crippen LogP contribution in [0, 0.1) is 0 Å². The number of carbonyl (C=O) groups is 2. The molecule has 1 aliphatic carbocycles. The van der Waals surface area contributed by atoms with Gasteiger partial charge in [0.1, 0.15) is 0 Å². The summed E-state index contributed by atoms with van der Waals surface area (Å²) in [6, 6.07) is 11.8. The minimum atomic E-state index is -0.974. The molecule has 0 aliphatic heterocycles. The summed E-state index contributed by atoms with van der Waals surface area (Å²) in [5.41, 5.74) is 4.07. The van der Waals surface area contributed by atoms with E-state index < -0.39 is 5.97 Å². The van der Waals surface area contributed by atoms with Gasteiger partial charge < -0.3 is 5.11 Å². The molecule has 7 heteroatoms. The Balaban J connectivity index is 1.84. The first kappa shape index (κ1) is 18.9. The van der Waals surface area contributed by atoms with Crippen molar-refractivity contribution < 1.29 is 14.7 Å². The highest BCUT2D eigenvalue weighted by Crippen LogP contribution is 2.33. The van der Waals surface area contributed by atoms with Crippen LogP contribution in [0.5, 0.6) is 0 Å². The Hall–Kier alpha value is -2.44. The van der Waals surface area contributed by atoms with Crippen molar-refractivity contribution in [1.82, 2.24) is 9.78 Å². The summed E-state index contributed by atoms with van der Waals surface area (Å²) >= 11 is 9.69. The number of halogens is 2. The van der Waals surface area contributed by atoms with Crippen LogP contribution in [-0.2, 0) is 12.8 Å². The highest BCUT2D eigenvalue weighted by Gasteiger charge is 2.27. The van der Waals surface area contributed by atoms with Crippen LogP contribution in [0.15, 0.2) is 46.9 Å². The minimum Gasteiger partial charge on any atom is -0.478 e. The van der Waals surface area contributed by atoms with Gasteiger partial charge in [-0.25, -0.2) is 4.79 Å². The number of rotatable bonds is 3. The average Bonchev–Trinajstić information content (AvgIpc) is 3.07. The van der Waals surface area contributed by atoms with Gasteiger partial charge in [0.25, 0.3) is 5.91 Å². The summed E-state index contributed by atoms with van der Waals surface area (Å²) in [4.78, 5) is 24.4. The van der Waals surface area contributed by atoms with Crippen LogP contribution in [0.4, 0.5) is 0 Å². The van der Waals surface area contributed by atoms with Gasteiger partial charge in [-0.15, -0.1) is 0 Å². The van der Waals surface area contributed by atoms with E-state index in [1.807, 2.05) is 0 Å². The lowest BCUT2D eigenvalue weighted by atomic mass is 9.93. The van der Waals surface area contributed by atoms with Crippen LogP contribution in [-0.4, -0.2) is 26.8 Å². The van der Waals surface area contributed by atoms with E-state index in [9.17, 15) is 9.59 Å². The number of nitrogens with zero attached hydrogens (tertiary/aromatic N) is 2. The van der Waals surface area contributed by atoms with Crippen molar-refractivity contribution >= 4 is 39.4 Å². The van der Waals surface area contributed by atoms with Crippen LogP contribution >= 0.6 is 27.5 Å². The molecule has 0 bridgehead atoms. The van der Waals surface area contributed by atoms with Crippen molar-refractivity contribution in [3.05, 3.63) is 74.3 Å². The predicted molar refractivity (Wildman–Crippen MR) is 110 cm³/mol. The molecule has 1 aromatic heterocycles. The number of carboxylic acids is 1. The Morgan fingerprint density at radius 1 is 1.07 bits per heavy atom. The van der Waals surface area contributed by atoms with Crippen molar-refractivity contribution in [2.24, 2.45) is 0 Å². The summed E-state index contributed by atoms with van der Waals surface area (Å²) in [6.45, 7) is 0. The predicted octanol–water partition coefficient (Wildman–Crippen LogP) is 5.23. The molecule has 0 saturated carbocycles. The number of carboxylic acid groups (broad SMARTS) is 1. The van der Waals surface area contributed by atoms with Gasteiger partial charge in [-0.2, -0.15) is 9.78 Å². The standard InChI is InChI=1S/C21H16BrClN2O3/c22-15-5-3-6-16(23)18(15)20(26)25-17-7-2-1-4-14(17)19(24-25)12-8-10-13(11-9-12)21(27)28/h3,5-6,8-11H,1-2,4,7H2,(H,27,28). The van der Waals surface area contributed by atoms with Crippen LogP contribution in [0.25, 0.3) is 11.3 Å². The zero-order valence-electron chi connectivity index (χ0n) is 14.8. The third kappa shape index (κ3) is 3.27. The summed E-state index contributed by atoms with van der Waals surface area (Å²) in [6.07, 6.45) is 3.63. The SMILES string of the molecule is O=C(O)c1ccc(-c2nn(C(=O)c3c(Cl)cccc3Br)c3c2CCCC3)cc1. The molecule has 0 atom stereocenters. The fourth-order valence-corrected chi connectivity index (χ4v) is 4.48. The Labute approximate surface area is 175 Å². The van der Waals surface area contributed by atoms with E-state index in [4.69, 9.17) is 16.7 Å². The van der Waals surface area contributed by atoms with Gasteiger partial charge in [0.15, 0.2) is 0 Å². The Bertz CT molecular complexity index is 1070. The first-order chi connectivity index (χ1) is 13.5. The van der Waals surface area contributed by atoms with Crippen molar-refractivity contribution in [3.8, 4) is 11.3 Å². The maximum Gasteiger partial charge on any atom is 0.335 e. The van der Waals surface area contributed by atoms with E-state index >= 15 is 0 Å². The number of aromatic nitrogens is 2. The van der Waals surface area contributed by atoms with Gasteiger partial charge in [0.2, 0.25) is 0 Å². The molecule has 0 unspecified atom stereocenters. The maximum absolute atomic E-state index is 13.3. The zero-order valence-corrected chi connectivity index (χ0v) is 17.1. The molecule has 0 radical (unpaired) electrons. The van der Waals surface area contributed by atoms with Crippen LogP contribution in [0.1, 0.15) is 44.8 Å². The molecular formula is C21H16BrClN2O3. The zero-order chi connectivity index (χ0) is 19.8. The molecule has 142 valence electrons. The molecule has 1 aliphatic rings. The Morgan fingerprint density at radius 2 is 1.79 bits per heavy atom. The van der Waals surface area contributed by atoms with Gasteiger partial charge in [-0.05, 0) is 65.9 Å². The maximum atomic E-state index is 13.3. The molecule has 28 heavy (non-hydrogen) atoms. The molecule has 0 spiro atoms. The van der Waals surface area contributed by atoms with Crippen molar-refractivity contribution in [1.29, 1.82) is 0 Å². The molecule has 1 heterocycles. The van der Waals surface area contributed by atoms with E-state index in [1.54, 1.807) is 42.5 Å². The summed E-state index contributed by atoms with van der Waals surface area (Å²) < 4.78 is 2.08. The van der Waals surface area contributed by atoms with E-state index in [0.717, 1.165) is 48.2 Å². The second kappa shape index (κ2) is 7.53. The number of fused-ring (bicyclic) bond motifs is 1. The van der Waals surface area contributed by atoms with Crippen LogP contribution < -0.4 is 0 Å². The summed E-state index contributed by atoms with van der Waals surface area (Å²) in [5, 5.41) is 14.1. The largest absolute Gasteiger partial charge is 0.478 e. The lowest BCUT2D eigenvalue weighted by molar-refractivity contribution is 0.0696. The number of carbonyl (C=O) groups excluding carboxylic acids is 1. The van der Waals surface area contributed by atoms with E-state index in [1.165, 1.54) is 4.68 Å². The number of hydrogen-bond donors (Lipinski definition) is 1. The summed E-state index contributed by atoms with van der Waals surface area (Å²) in [5.74, 6) is -1.25. The quantitative estimate of drug-likeness (QED) is 0.582. The first-order valence-electron chi connectivity index (χ1n) is 8.90. The van der Waals surface area contributed by atoms with Crippen LogP contribution in [0.2, 0.25) is 5.02 Å². The smallest absolute Gasteiger partial charge is 0.335 e. The highest BCUT2D eigenvalue weighted by atomic mass is 79.9. The number of aromatic carboxylic acids is 1. The second-order valence-corrected chi connectivity index (χ2v) is 7.94. The van der Waals surface area contributed by atoms with Gasteiger partial charge in [0, 0.05) is 15.6 Å². The second-order valence-electron chi connectivity index (χ2n) is 6.68. The highest BCUT2D eigenvalue weighted by molar-refractivity contribution is 9.10. The lowest BCUT2D eigenvalue weighted by Gasteiger charge is -2.14. The fraction of sp³-hybridized carbons (Fsp3) is 0.190. The number of benzene rings is 2. The third-order valence-electron chi connectivity index (χ3n) is 4.95. The monoisotopic (exact) mass is 458 g/mol. The van der Waals surface area contributed by atoms with Gasteiger partial charge in [-0.1, -0.05) is 29.8 Å². The van der Waals surface area contributed by atoms with E-state index in [0.29, 0.717) is 15.1 Å². The molecule has 2 aromatic carbocycles. The van der Waals surface area contributed by atoms with Gasteiger partial charge >= 0.3 is 5.97 Å². The Morgan fingerprint density at radius 3 is 2.46 bits per heavy atom. The van der Waals surface area contributed by atoms with E-state index in [2.05, 4.69) is 21.0 Å².